The predicted molar refractivity (Wildman–Crippen MR) is 247 cm³/mol. The lowest BCUT2D eigenvalue weighted by Crippen LogP contribution is -1.98. The molecule has 11 aromatic rings. The summed E-state index contributed by atoms with van der Waals surface area (Å²) in [6.07, 6.45) is 4.56. The highest BCUT2D eigenvalue weighted by atomic mass is 14.9. The van der Waals surface area contributed by atoms with Crippen molar-refractivity contribution in [3.05, 3.63) is 200 Å². The van der Waals surface area contributed by atoms with E-state index in [1.165, 1.54) is 16.3 Å². The third kappa shape index (κ3) is 6.34. The molecule has 0 radical (unpaired) electrons. The highest BCUT2D eigenvalue weighted by Crippen LogP contribution is 2.37. The van der Waals surface area contributed by atoms with Gasteiger partial charge in [0.2, 0.25) is 0 Å². The molecule has 60 heavy (non-hydrogen) atoms. The zero-order chi connectivity index (χ0) is 40.0. The fourth-order valence-corrected chi connectivity index (χ4v) is 8.52. The minimum absolute atomic E-state index is 0.718. The van der Waals surface area contributed by atoms with Gasteiger partial charge in [0, 0.05) is 50.8 Å². The molecule has 0 aliphatic heterocycles. The van der Waals surface area contributed by atoms with E-state index in [9.17, 15) is 0 Å². The second-order valence-electron chi connectivity index (χ2n) is 15.2. The van der Waals surface area contributed by atoms with E-state index in [4.69, 9.17) is 19.9 Å². The first-order chi connectivity index (χ1) is 29.7. The quantitative estimate of drug-likeness (QED) is 0.151. The van der Waals surface area contributed by atoms with Crippen molar-refractivity contribution in [2.45, 2.75) is 13.3 Å². The Hall–Kier alpha value is -7.89. The monoisotopic (exact) mass is 767 g/mol. The molecule has 5 nitrogen and oxygen atoms in total. The highest BCUT2D eigenvalue weighted by Gasteiger charge is 2.16. The Kier molecular flexibility index (Phi) is 8.71. The molecule has 0 aliphatic rings. The molecule has 0 N–H and O–H groups in total. The van der Waals surface area contributed by atoms with Crippen molar-refractivity contribution in [2.75, 3.05) is 0 Å². The smallest absolute Gasteiger partial charge is 0.160 e. The van der Waals surface area contributed by atoms with Crippen LogP contribution in [0.15, 0.2) is 194 Å². The average molecular weight is 768 g/mol. The maximum atomic E-state index is 5.20. The molecule has 0 atom stereocenters. The molecule has 4 aromatic heterocycles. The van der Waals surface area contributed by atoms with E-state index in [0.717, 1.165) is 107 Å². The number of hydrogen-bond donors (Lipinski definition) is 0. The van der Waals surface area contributed by atoms with E-state index in [1.807, 2.05) is 42.7 Å². The fourth-order valence-electron chi connectivity index (χ4n) is 8.52. The summed E-state index contributed by atoms with van der Waals surface area (Å²) in [4.78, 5) is 24.8. The zero-order valence-corrected chi connectivity index (χ0v) is 32.9. The van der Waals surface area contributed by atoms with Crippen LogP contribution in [-0.4, -0.2) is 24.9 Å². The van der Waals surface area contributed by atoms with E-state index in [1.54, 1.807) is 0 Å². The summed E-state index contributed by atoms with van der Waals surface area (Å²) in [5.74, 6) is 0.718. The molecule has 0 saturated heterocycles. The third-order valence-electron chi connectivity index (χ3n) is 11.6. The van der Waals surface area contributed by atoms with Gasteiger partial charge in [0.1, 0.15) is 0 Å². The van der Waals surface area contributed by atoms with Gasteiger partial charge < -0.3 is 0 Å². The lowest BCUT2D eigenvalue weighted by atomic mass is 9.92. The van der Waals surface area contributed by atoms with Crippen molar-refractivity contribution in [2.24, 2.45) is 0 Å². The van der Waals surface area contributed by atoms with Crippen molar-refractivity contribution in [1.29, 1.82) is 0 Å². The SMILES string of the molecule is CCc1c(-c2cc(-c3ccccc3)nc(-c3ccccc3)n2)ccc2ccc(-c3ccc4ccc(-c5ccc(-c6ccnc7c6ccc6cccnc67)cc5)nc4c3)cc12. The lowest BCUT2D eigenvalue weighted by molar-refractivity contribution is 1.14. The van der Waals surface area contributed by atoms with Crippen LogP contribution in [0.3, 0.4) is 0 Å². The van der Waals surface area contributed by atoms with Crippen molar-refractivity contribution in [3.63, 3.8) is 0 Å². The number of pyridine rings is 3. The Morgan fingerprint density at radius 3 is 1.83 bits per heavy atom. The summed E-state index contributed by atoms with van der Waals surface area (Å²) in [6.45, 7) is 2.23. The number of fused-ring (bicyclic) bond motifs is 5. The van der Waals surface area contributed by atoms with Gasteiger partial charge in [0.05, 0.1) is 33.6 Å². The number of benzene rings is 7. The van der Waals surface area contributed by atoms with Crippen LogP contribution in [0.5, 0.6) is 0 Å². The van der Waals surface area contributed by atoms with Crippen LogP contribution in [-0.2, 0) is 6.42 Å². The van der Waals surface area contributed by atoms with E-state index >= 15 is 0 Å². The van der Waals surface area contributed by atoms with Gasteiger partial charge in [0.15, 0.2) is 5.82 Å². The summed E-state index contributed by atoms with van der Waals surface area (Å²) in [7, 11) is 0. The number of aromatic nitrogens is 5. The van der Waals surface area contributed by atoms with E-state index < -0.39 is 0 Å². The standard InChI is InChI=1S/C55H37N5/c1-2-44-46(52-34-51(37-10-5-3-6-11-37)59-55(60-52)41-12-7-4-8-13-41)26-23-36-17-21-42(32-48(36)44)43-22-20-39-25-28-49(58-50(39)33-43)38-18-15-35(16-19-38)45-29-31-57-54-47(45)27-24-40-14-9-30-56-53(40)54/h3-34H,2H2,1H3. The Labute approximate surface area is 347 Å². The maximum absolute atomic E-state index is 5.20. The second-order valence-corrected chi connectivity index (χ2v) is 15.2. The average Bonchev–Trinajstić information content (AvgIpc) is 3.33. The summed E-state index contributed by atoms with van der Waals surface area (Å²) in [6, 6.07) is 63.9. The van der Waals surface area contributed by atoms with Gasteiger partial charge in [-0.05, 0) is 81.4 Å². The Morgan fingerprint density at radius 2 is 1.02 bits per heavy atom. The molecule has 0 fully saturated rings. The van der Waals surface area contributed by atoms with Crippen LogP contribution >= 0.6 is 0 Å². The van der Waals surface area contributed by atoms with E-state index in [-0.39, 0.29) is 0 Å². The molecule has 11 rings (SSSR count). The molecular formula is C55H37N5. The van der Waals surface area contributed by atoms with Crippen LogP contribution in [0.1, 0.15) is 12.5 Å². The largest absolute Gasteiger partial charge is 0.254 e. The normalized spacial score (nSPS) is 11.5. The molecular weight excluding hydrogens is 731 g/mol. The predicted octanol–water partition coefficient (Wildman–Crippen LogP) is 13.8. The summed E-state index contributed by atoms with van der Waals surface area (Å²) in [5, 5.41) is 5.71. The van der Waals surface area contributed by atoms with Crippen LogP contribution in [0.25, 0.3) is 111 Å². The first-order valence-corrected chi connectivity index (χ1v) is 20.4. The third-order valence-corrected chi connectivity index (χ3v) is 11.6. The number of aryl methyl sites for hydroxylation is 1. The number of rotatable bonds is 7. The van der Waals surface area contributed by atoms with E-state index in [2.05, 4.69) is 164 Å². The maximum Gasteiger partial charge on any atom is 0.160 e. The molecule has 0 bridgehead atoms. The van der Waals surface area contributed by atoms with Crippen LogP contribution in [0, 0.1) is 0 Å². The molecule has 7 aromatic carbocycles. The molecule has 0 saturated carbocycles. The fraction of sp³-hybridized carbons (Fsp3) is 0.0364. The molecule has 0 spiro atoms. The molecule has 0 amide bonds. The van der Waals surface area contributed by atoms with Crippen molar-refractivity contribution in [3.8, 4) is 67.4 Å². The molecule has 282 valence electrons. The molecule has 0 unspecified atom stereocenters. The van der Waals surface area contributed by atoms with Crippen LogP contribution in [0.4, 0.5) is 0 Å². The van der Waals surface area contributed by atoms with Gasteiger partial charge in [-0.25, -0.2) is 15.0 Å². The second kappa shape index (κ2) is 14.8. The highest BCUT2D eigenvalue weighted by molar-refractivity contribution is 6.08. The Balaban J connectivity index is 0.949. The van der Waals surface area contributed by atoms with Gasteiger partial charge in [-0.1, -0.05) is 153 Å². The number of hydrogen-bond acceptors (Lipinski definition) is 5. The topological polar surface area (TPSA) is 64.5 Å². The van der Waals surface area contributed by atoms with Gasteiger partial charge in [-0.2, -0.15) is 0 Å². The Bertz CT molecular complexity index is 3340. The minimum Gasteiger partial charge on any atom is -0.254 e. The van der Waals surface area contributed by atoms with Crippen molar-refractivity contribution < 1.29 is 0 Å². The summed E-state index contributed by atoms with van der Waals surface area (Å²) in [5.41, 5.74) is 15.6. The number of nitrogens with zero attached hydrogens (tertiary/aromatic N) is 5. The minimum atomic E-state index is 0.718. The first kappa shape index (κ1) is 35.3. The van der Waals surface area contributed by atoms with Crippen molar-refractivity contribution in [1.82, 2.24) is 24.9 Å². The summed E-state index contributed by atoms with van der Waals surface area (Å²) < 4.78 is 0. The van der Waals surface area contributed by atoms with Gasteiger partial charge >= 0.3 is 0 Å². The van der Waals surface area contributed by atoms with Gasteiger partial charge in [-0.3, -0.25) is 9.97 Å². The van der Waals surface area contributed by atoms with Gasteiger partial charge in [0.25, 0.3) is 0 Å². The summed E-state index contributed by atoms with van der Waals surface area (Å²) >= 11 is 0. The van der Waals surface area contributed by atoms with E-state index in [0.29, 0.717) is 0 Å². The molecule has 0 aliphatic carbocycles. The van der Waals surface area contributed by atoms with Crippen LogP contribution in [0.2, 0.25) is 0 Å². The van der Waals surface area contributed by atoms with Crippen LogP contribution < -0.4 is 0 Å². The first-order valence-electron chi connectivity index (χ1n) is 20.4. The zero-order valence-electron chi connectivity index (χ0n) is 32.9. The Morgan fingerprint density at radius 1 is 0.367 bits per heavy atom. The van der Waals surface area contributed by atoms with Crippen molar-refractivity contribution >= 4 is 43.5 Å². The van der Waals surface area contributed by atoms with Gasteiger partial charge in [-0.15, -0.1) is 0 Å². The molecule has 4 heterocycles. The lowest BCUT2D eigenvalue weighted by Gasteiger charge is -2.15. The molecule has 5 heteroatoms.